The summed E-state index contributed by atoms with van der Waals surface area (Å²) in [5.74, 6) is 0.244. The molecule has 0 aliphatic rings. The third-order valence-corrected chi connectivity index (χ3v) is 2.48. The van der Waals surface area contributed by atoms with E-state index in [2.05, 4.69) is 33.3 Å². The molecule has 84 valence electrons. The van der Waals surface area contributed by atoms with Crippen LogP contribution in [0.25, 0.3) is 0 Å². The van der Waals surface area contributed by atoms with Gasteiger partial charge >= 0.3 is 5.82 Å². The highest BCUT2D eigenvalue weighted by Gasteiger charge is 2.19. The fourth-order valence-corrected chi connectivity index (χ4v) is 1.80. The van der Waals surface area contributed by atoms with Gasteiger partial charge in [-0.3, -0.25) is 0 Å². The van der Waals surface area contributed by atoms with Gasteiger partial charge in [0.2, 0.25) is 0 Å². The summed E-state index contributed by atoms with van der Waals surface area (Å²) in [5.41, 5.74) is 0. The summed E-state index contributed by atoms with van der Waals surface area (Å²) < 4.78 is 2.01. The lowest BCUT2D eigenvalue weighted by Crippen LogP contribution is -2.20. The summed E-state index contributed by atoms with van der Waals surface area (Å²) in [6.07, 6.45) is 1.63. The monoisotopic (exact) mass is 276 g/mol. The van der Waals surface area contributed by atoms with E-state index in [1.54, 1.807) is 10.9 Å². The third-order valence-electron chi connectivity index (χ3n) is 1.92. The maximum Gasteiger partial charge on any atom is 0.404 e. The van der Waals surface area contributed by atoms with Gasteiger partial charge in [-0.05, 0) is 40.4 Å². The molecule has 0 spiro atoms. The number of hydrogen-bond acceptors (Lipinski definition) is 4. The second kappa shape index (κ2) is 5.22. The molecule has 1 atom stereocenters. The van der Waals surface area contributed by atoms with Crippen molar-refractivity contribution in [3.8, 4) is 0 Å². The highest BCUT2D eigenvalue weighted by Crippen LogP contribution is 2.22. The molecule has 7 heteroatoms. The molecule has 1 aromatic rings. The van der Waals surface area contributed by atoms with Gasteiger partial charge in [-0.15, -0.1) is 0 Å². The summed E-state index contributed by atoms with van der Waals surface area (Å²) >= 11 is 3.11. The predicted molar refractivity (Wildman–Crippen MR) is 59.7 cm³/mol. The molecule has 6 nitrogen and oxygen atoms in total. The molecule has 0 saturated carbocycles. The normalized spacial score (nSPS) is 12.7. The van der Waals surface area contributed by atoms with Crippen LogP contribution in [0.2, 0.25) is 0 Å². The number of nitrogens with one attached hydrogen (secondary N) is 1. The zero-order valence-corrected chi connectivity index (χ0v) is 10.2. The largest absolute Gasteiger partial charge is 0.404 e. The van der Waals surface area contributed by atoms with Crippen molar-refractivity contribution in [2.24, 2.45) is 5.92 Å². The average molecular weight is 277 g/mol. The first-order valence-electron chi connectivity index (χ1n) is 4.56. The van der Waals surface area contributed by atoms with Gasteiger partial charge in [0.05, 0.1) is 17.8 Å². The number of halogens is 1. The van der Waals surface area contributed by atoms with Gasteiger partial charge in [-0.2, -0.15) is 4.68 Å². The standard InChI is InChI=1S/C8H13BrN4O2/c1-6(3-10-2)4-12-5-7(9)8(11-12)13(14)15/h5-6,10H,3-4H2,1-2H3. The molecule has 1 unspecified atom stereocenters. The molecule has 0 bridgehead atoms. The van der Waals surface area contributed by atoms with Crippen molar-refractivity contribution in [3.63, 3.8) is 0 Å². The van der Waals surface area contributed by atoms with E-state index in [0.717, 1.165) is 6.54 Å². The van der Waals surface area contributed by atoms with Gasteiger partial charge in [0, 0.05) is 0 Å². The minimum atomic E-state index is -0.497. The van der Waals surface area contributed by atoms with Gasteiger partial charge in [0.1, 0.15) is 4.47 Å². The maximum atomic E-state index is 10.5. The lowest BCUT2D eigenvalue weighted by atomic mass is 10.2. The molecular weight excluding hydrogens is 264 g/mol. The van der Waals surface area contributed by atoms with Crippen molar-refractivity contribution in [1.82, 2.24) is 15.1 Å². The smallest absolute Gasteiger partial charge is 0.358 e. The van der Waals surface area contributed by atoms with E-state index >= 15 is 0 Å². The molecule has 0 aliphatic heterocycles. The van der Waals surface area contributed by atoms with Gasteiger partial charge in [-0.25, -0.2) is 0 Å². The third kappa shape index (κ3) is 3.28. The summed E-state index contributed by atoms with van der Waals surface area (Å²) in [6.45, 7) is 3.57. The van der Waals surface area contributed by atoms with Crippen molar-refractivity contribution < 1.29 is 4.92 Å². The summed E-state index contributed by atoms with van der Waals surface area (Å²) in [5, 5.41) is 17.5. The van der Waals surface area contributed by atoms with Gasteiger partial charge in [0.25, 0.3) is 0 Å². The minimum absolute atomic E-state index is 0.133. The Morgan fingerprint density at radius 3 is 2.93 bits per heavy atom. The lowest BCUT2D eigenvalue weighted by molar-refractivity contribution is -0.390. The quantitative estimate of drug-likeness (QED) is 0.652. The molecule has 15 heavy (non-hydrogen) atoms. The zero-order chi connectivity index (χ0) is 11.4. The fourth-order valence-electron chi connectivity index (χ4n) is 1.34. The summed E-state index contributed by atoms with van der Waals surface area (Å²) in [7, 11) is 1.87. The molecule has 0 radical (unpaired) electrons. The van der Waals surface area contributed by atoms with Crippen molar-refractivity contribution >= 4 is 21.7 Å². The Labute approximate surface area is 95.9 Å². The van der Waals surface area contributed by atoms with E-state index in [1.807, 2.05) is 7.05 Å². The van der Waals surface area contributed by atoms with Crippen molar-refractivity contribution in [3.05, 3.63) is 20.8 Å². The summed E-state index contributed by atoms with van der Waals surface area (Å²) in [6, 6.07) is 0. The van der Waals surface area contributed by atoms with E-state index in [1.165, 1.54) is 0 Å². The van der Waals surface area contributed by atoms with E-state index in [0.29, 0.717) is 16.9 Å². The van der Waals surface area contributed by atoms with Gasteiger partial charge in [0.15, 0.2) is 0 Å². The molecule has 0 amide bonds. The second-order valence-corrected chi connectivity index (χ2v) is 4.30. The zero-order valence-electron chi connectivity index (χ0n) is 8.61. The Hall–Kier alpha value is -0.950. The van der Waals surface area contributed by atoms with Crippen LogP contribution < -0.4 is 5.32 Å². The average Bonchev–Trinajstić information content (AvgIpc) is 2.47. The number of rotatable bonds is 5. The Bertz CT molecular complexity index is 352. The number of nitrogens with zero attached hydrogens (tertiary/aromatic N) is 3. The molecule has 1 rings (SSSR count). The number of nitro groups is 1. The predicted octanol–water partition coefficient (Wildman–Crippen LogP) is 1.41. The van der Waals surface area contributed by atoms with Gasteiger partial charge < -0.3 is 15.4 Å². The van der Waals surface area contributed by atoms with Crippen LogP contribution in [0.4, 0.5) is 5.82 Å². The van der Waals surface area contributed by atoms with Gasteiger partial charge in [-0.1, -0.05) is 6.92 Å². The first kappa shape index (κ1) is 12.1. The lowest BCUT2D eigenvalue weighted by Gasteiger charge is -2.07. The first-order chi connectivity index (χ1) is 7.04. The fraction of sp³-hybridized carbons (Fsp3) is 0.625. The molecular formula is C8H13BrN4O2. The van der Waals surface area contributed by atoms with Crippen molar-refractivity contribution in [2.45, 2.75) is 13.5 Å². The van der Waals surface area contributed by atoms with Crippen LogP contribution in [0, 0.1) is 16.0 Å². The Morgan fingerprint density at radius 2 is 2.47 bits per heavy atom. The Kier molecular flexibility index (Phi) is 4.22. The molecule has 1 N–H and O–H groups in total. The van der Waals surface area contributed by atoms with Crippen LogP contribution >= 0.6 is 15.9 Å². The molecule has 0 fully saturated rings. The SMILES string of the molecule is CNCC(C)Cn1cc(Br)c([N+](=O)[O-])n1. The van der Waals surface area contributed by atoms with E-state index in [9.17, 15) is 10.1 Å². The maximum absolute atomic E-state index is 10.5. The molecule has 1 aromatic heterocycles. The number of hydrogen-bond donors (Lipinski definition) is 1. The minimum Gasteiger partial charge on any atom is -0.358 e. The highest BCUT2D eigenvalue weighted by atomic mass is 79.9. The highest BCUT2D eigenvalue weighted by molar-refractivity contribution is 9.10. The summed E-state index contributed by atoms with van der Waals surface area (Å²) in [4.78, 5) is 10.0. The molecule has 0 aliphatic carbocycles. The van der Waals surface area contributed by atoms with Crippen LogP contribution in [0.5, 0.6) is 0 Å². The Balaban J connectivity index is 2.71. The van der Waals surface area contributed by atoms with Crippen LogP contribution in [0.15, 0.2) is 10.7 Å². The molecule has 0 aromatic carbocycles. The topological polar surface area (TPSA) is 73.0 Å². The number of aromatic nitrogens is 2. The second-order valence-electron chi connectivity index (χ2n) is 3.44. The van der Waals surface area contributed by atoms with Crippen LogP contribution in [0.3, 0.4) is 0 Å². The first-order valence-corrected chi connectivity index (χ1v) is 5.35. The van der Waals surface area contributed by atoms with Crippen molar-refractivity contribution in [1.29, 1.82) is 0 Å². The van der Waals surface area contributed by atoms with Crippen LogP contribution in [0.1, 0.15) is 6.92 Å². The molecule has 1 heterocycles. The van der Waals surface area contributed by atoms with Crippen molar-refractivity contribution in [2.75, 3.05) is 13.6 Å². The Morgan fingerprint density at radius 1 is 1.80 bits per heavy atom. The van der Waals surface area contributed by atoms with Crippen LogP contribution in [-0.4, -0.2) is 28.3 Å². The van der Waals surface area contributed by atoms with E-state index < -0.39 is 4.92 Å². The molecule has 0 saturated heterocycles. The van der Waals surface area contributed by atoms with E-state index in [4.69, 9.17) is 0 Å². The van der Waals surface area contributed by atoms with Crippen LogP contribution in [-0.2, 0) is 6.54 Å². The van der Waals surface area contributed by atoms with E-state index in [-0.39, 0.29) is 5.82 Å².